The number of aromatic amines is 1. The van der Waals surface area contributed by atoms with Crippen molar-refractivity contribution in [2.24, 2.45) is 5.10 Å². The molecular weight excluding hydrogens is 333 g/mol. The lowest BCUT2D eigenvalue weighted by Gasteiger charge is -2.04. The molecule has 0 spiro atoms. The summed E-state index contributed by atoms with van der Waals surface area (Å²) in [6.07, 6.45) is 1.83. The number of rotatable bonds is 3. The lowest BCUT2D eigenvalue weighted by atomic mass is 10.1. The van der Waals surface area contributed by atoms with Crippen LogP contribution in [0.5, 0.6) is 0 Å². The summed E-state index contributed by atoms with van der Waals surface area (Å²) in [6.45, 7) is 1.82. The highest BCUT2D eigenvalue weighted by Crippen LogP contribution is 2.23. The summed E-state index contributed by atoms with van der Waals surface area (Å²) in [7, 11) is 0. The molecule has 116 valence electrons. The molecule has 0 fully saturated rings. The number of aromatic nitrogens is 1. The van der Waals surface area contributed by atoms with E-state index in [2.05, 4.69) is 15.5 Å². The third-order valence-corrected chi connectivity index (χ3v) is 4.04. The monoisotopic (exact) mass is 345 g/mol. The van der Waals surface area contributed by atoms with Gasteiger partial charge in [-0.3, -0.25) is 4.79 Å². The van der Waals surface area contributed by atoms with Crippen LogP contribution in [0.15, 0.2) is 53.8 Å². The molecule has 3 rings (SSSR count). The van der Waals surface area contributed by atoms with Gasteiger partial charge < -0.3 is 4.98 Å². The molecule has 0 bridgehead atoms. The Morgan fingerprint density at radius 1 is 1.13 bits per heavy atom. The van der Waals surface area contributed by atoms with Gasteiger partial charge in [0.1, 0.15) is 0 Å². The Morgan fingerprint density at radius 2 is 1.91 bits per heavy atom. The molecule has 0 saturated heterocycles. The summed E-state index contributed by atoms with van der Waals surface area (Å²) < 4.78 is 0. The van der Waals surface area contributed by atoms with Gasteiger partial charge in [-0.05, 0) is 37.3 Å². The molecule has 0 atom stereocenters. The van der Waals surface area contributed by atoms with Gasteiger partial charge >= 0.3 is 0 Å². The Bertz CT molecular complexity index is 915. The van der Waals surface area contributed by atoms with Crippen LogP contribution in [0, 0.1) is 0 Å². The zero-order valence-electron chi connectivity index (χ0n) is 12.2. The summed E-state index contributed by atoms with van der Waals surface area (Å²) in [5.41, 5.74) is 5.40. The van der Waals surface area contributed by atoms with Crippen LogP contribution in [0.4, 0.5) is 0 Å². The van der Waals surface area contributed by atoms with Crippen molar-refractivity contribution in [1.82, 2.24) is 10.4 Å². The van der Waals surface area contributed by atoms with E-state index in [1.54, 1.807) is 24.3 Å². The van der Waals surface area contributed by atoms with E-state index in [1.807, 2.05) is 31.3 Å². The van der Waals surface area contributed by atoms with Crippen molar-refractivity contribution >= 4 is 45.7 Å². The van der Waals surface area contributed by atoms with Crippen molar-refractivity contribution in [3.63, 3.8) is 0 Å². The van der Waals surface area contributed by atoms with Crippen LogP contribution in [-0.2, 0) is 0 Å². The van der Waals surface area contributed by atoms with Crippen LogP contribution in [0.2, 0.25) is 10.0 Å². The lowest BCUT2D eigenvalue weighted by Crippen LogP contribution is -2.19. The number of carbonyl (C=O) groups is 1. The topological polar surface area (TPSA) is 57.2 Å². The molecule has 0 aliphatic rings. The number of nitrogens with one attached hydrogen (secondary N) is 2. The van der Waals surface area contributed by atoms with Gasteiger partial charge in [0.25, 0.3) is 5.91 Å². The number of fused-ring (bicyclic) bond motifs is 1. The molecule has 3 aromatic rings. The SMILES string of the molecule is CC(=NNC(=O)c1ccccc1Cl)c1c[nH]c2ccc(Cl)cc12. The van der Waals surface area contributed by atoms with Crippen molar-refractivity contribution in [2.45, 2.75) is 6.92 Å². The molecule has 0 aliphatic carbocycles. The second-order valence-corrected chi connectivity index (χ2v) is 5.85. The smallest absolute Gasteiger partial charge is 0.272 e. The molecule has 23 heavy (non-hydrogen) atoms. The third-order valence-electron chi connectivity index (χ3n) is 3.48. The molecule has 4 nitrogen and oxygen atoms in total. The van der Waals surface area contributed by atoms with Crippen molar-refractivity contribution in [1.29, 1.82) is 0 Å². The summed E-state index contributed by atoms with van der Waals surface area (Å²) in [6, 6.07) is 12.4. The minimum atomic E-state index is -0.354. The van der Waals surface area contributed by atoms with E-state index >= 15 is 0 Å². The Kier molecular flexibility index (Phi) is 4.37. The van der Waals surface area contributed by atoms with Gasteiger partial charge in [0.2, 0.25) is 0 Å². The number of hydrogen-bond donors (Lipinski definition) is 2. The number of hydrogen-bond acceptors (Lipinski definition) is 2. The Hall–Kier alpha value is -2.30. The Morgan fingerprint density at radius 3 is 2.70 bits per heavy atom. The van der Waals surface area contributed by atoms with Crippen molar-refractivity contribution < 1.29 is 4.79 Å². The summed E-state index contributed by atoms with van der Waals surface area (Å²) in [5.74, 6) is -0.354. The van der Waals surface area contributed by atoms with Crippen molar-refractivity contribution in [3.05, 3.63) is 69.8 Å². The average Bonchev–Trinajstić information content (AvgIpc) is 2.95. The average molecular weight is 346 g/mol. The summed E-state index contributed by atoms with van der Waals surface area (Å²) >= 11 is 12.0. The first-order valence-electron chi connectivity index (χ1n) is 6.92. The van der Waals surface area contributed by atoms with E-state index in [1.165, 1.54) is 0 Å². The standard InChI is InChI=1S/C17H13Cl2N3O/c1-10(14-9-20-16-7-6-11(18)8-13(14)16)21-22-17(23)12-4-2-3-5-15(12)19/h2-9,20H,1H3,(H,22,23). The number of benzene rings is 2. The molecular formula is C17H13Cl2N3O. The van der Waals surface area contributed by atoms with Crippen molar-refractivity contribution in [3.8, 4) is 0 Å². The van der Waals surface area contributed by atoms with Crippen LogP contribution in [0.1, 0.15) is 22.8 Å². The van der Waals surface area contributed by atoms with Gasteiger partial charge in [0, 0.05) is 27.7 Å². The van der Waals surface area contributed by atoms with E-state index in [0.717, 1.165) is 16.5 Å². The molecule has 0 saturated carbocycles. The number of hydrazone groups is 1. The van der Waals surface area contributed by atoms with E-state index in [9.17, 15) is 4.79 Å². The van der Waals surface area contributed by atoms with Crippen LogP contribution in [0.3, 0.4) is 0 Å². The molecule has 1 heterocycles. The first-order valence-corrected chi connectivity index (χ1v) is 7.68. The summed E-state index contributed by atoms with van der Waals surface area (Å²) in [4.78, 5) is 15.3. The summed E-state index contributed by atoms with van der Waals surface area (Å²) in [5, 5.41) is 6.14. The van der Waals surface area contributed by atoms with Crippen molar-refractivity contribution in [2.75, 3.05) is 0 Å². The fraction of sp³-hybridized carbons (Fsp3) is 0.0588. The number of nitrogens with zero attached hydrogens (tertiary/aromatic N) is 1. The normalized spacial score (nSPS) is 11.7. The zero-order chi connectivity index (χ0) is 16.4. The van der Waals surface area contributed by atoms with E-state index in [-0.39, 0.29) is 5.91 Å². The molecule has 2 aromatic carbocycles. The molecule has 0 aliphatic heterocycles. The van der Waals surface area contributed by atoms with Gasteiger partial charge in [-0.25, -0.2) is 5.43 Å². The van der Waals surface area contributed by atoms with Gasteiger partial charge in [0.05, 0.1) is 16.3 Å². The number of H-pyrrole nitrogens is 1. The highest BCUT2D eigenvalue weighted by molar-refractivity contribution is 6.33. The molecule has 1 amide bonds. The maximum absolute atomic E-state index is 12.1. The fourth-order valence-corrected chi connectivity index (χ4v) is 2.69. The van der Waals surface area contributed by atoms with Gasteiger partial charge in [0.15, 0.2) is 0 Å². The lowest BCUT2D eigenvalue weighted by molar-refractivity contribution is 0.0955. The van der Waals surface area contributed by atoms with E-state index in [0.29, 0.717) is 21.3 Å². The molecule has 1 aromatic heterocycles. The highest BCUT2D eigenvalue weighted by Gasteiger charge is 2.10. The van der Waals surface area contributed by atoms with E-state index < -0.39 is 0 Å². The largest absolute Gasteiger partial charge is 0.360 e. The van der Waals surface area contributed by atoms with Crippen LogP contribution >= 0.6 is 23.2 Å². The molecule has 0 unspecified atom stereocenters. The fourth-order valence-electron chi connectivity index (χ4n) is 2.29. The highest BCUT2D eigenvalue weighted by atomic mass is 35.5. The Labute approximate surface area is 143 Å². The molecule has 6 heteroatoms. The predicted molar refractivity (Wildman–Crippen MR) is 94.4 cm³/mol. The predicted octanol–water partition coefficient (Wildman–Crippen LogP) is 4.63. The van der Waals surface area contributed by atoms with Gasteiger partial charge in [-0.2, -0.15) is 5.10 Å². The van der Waals surface area contributed by atoms with Gasteiger partial charge in [-0.15, -0.1) is 0 Å². The third kappa shape index (κ3) is 3.23. The first-order chi connectivity index (χ1) is 11.1. The number of amides is 1. The first kappa shape index (κ1) is 15.6. The second-order valence-electron chi connectivity index (χ2n) is 5.01. The maximum atomic E-state index is 12.1. The number of carbonyl (C=O) groups excluding carboxylic acids is 1. The Balaban J connectivity index is 1.86. The maximum Gasteiger partial charge on any atom is 0.272 e. The number of halogens is 2. The van der Waals surface area contributed by atoms with Crippen LogP contribution in [0.25, 0.3) is 10.9 Å². The van der Waals surface area contributed by atoms with Gasteiger partial charge in [-0.1, -0.05) is 35.3 Å². The quantitative estimate of drug-likeness (QED) is 0.527. The zero-order valence-corrected chi connectivity index (χ0v) is 13.7. The molecule has 0 radical (unpaired) electrons. The van der Waals surface area contributed by atoms with E-state index in [4.69, 9.17) is 23.2 Å². The minimum absolute atomic E-state index is 0.354. The second kappa shape index (κ2) is 6.44. The molecule has 2 N–H and O–H groups in total. The van der Waals surface area contributed by atoms with Crippen LogP contribution in [-0.4, -0.2) is 16.6 Å². The van der Waals surface area contributed by atoms with Crippen LogP contribution < -0.4 is 5.43 Å². The minimum Gasteiger partial charge on any atom is -0.360 e.